The van der Waals surface area contributed by atoms with Gasteiger partial charge in [-0.25, -0.2) is 0 Å². The van der Waals surface area contributed by atoms with E-state index in [0.717, 1.165) is 12.1 Å². The van der Waals surface area contributed by atoms with Crippen molar-refractivity contribution in [1.29, 1.82) is 0 Å². The average molecular weight is 372 g/mol. The Morgan fingerprint density at radius 2 is 2.17 bits per heavy atom. The van der Waals surface area contributed by atoms with Crippen LogP contribution in [-0.4, -0.2) is 7.05 Å². The highest BCUT2D eigenvalue weighted by Gasteiger charge is 2.15. The van der Waals surface area contributed by atoms with Crippen LogP contribution in [0.15, 0.2) is 29.6 Å². The van der Waals surface area contributed by atoms with Crippen LogP contribution in [0.3, 0.4) is 0 Å². The van der Waals surface area contributed by atoms with E-state index in [1.54, 1.807) is 11.3 Å². The molecule has 0 spiro atoms. The van der Waals surface area contributed by atoms with Gasteiger partial charge < -0.3 is 11.1 Å². The lowest BCUT2D eigenvalue weighted by molar-refractivity contribution is 0.600. The summed E-state index contributed by atoms with van der Waals surface area (Å²) in [4.78, 5) is 1.40. The number of likely N-dealkylation sites (N-methyl/N-ethyl adjacent to an activating group) is 1. The van der Waals surface area contributed by atoms with Crippen molar-refractivity contribution in [1.82, 2.24) is 5.32 Å². The molecule has 4 heteroatoms. The first kappa shape index (κ1) is 13.8. The van der Waals surface area contributed by atoms with Crippen LogP contribution in [0.2, 0.25) is 0 Å². The summed E-state index contributed by atoms with van der Waals surface area (Å²) < 4.78 is 1.23. The minimum Gasteiger partial charge on any atom is -0.399 e. The van der Waals surface area contributed by atoms with Gasteiger partial charge in [0.15, 0.2) is 0 Å². The van der Waals surface area contributed by atoms with Gasteiger partial charge in [0.25, 0.3) is 0 Å². The fourth-order valence-electron chi connectivity index (χ4n) is 2.04. The summed E-state index contributed by atoms with van der Waals surface area (Å²) in [6, 6.07) is 8.71. The fraction of sp³-hybridized carbons (Fsp3) is 0.286. The van der Waals surface area contributed by atoms with E-state index in [0.29, 0.717) is 6.04 Å². The van der Waals surface area contributed by atoms with Crippen molar-refractivity contribution < 1.29 is 0 Å². The van der Waals surface area contributed by atoms with Crippen LogP contribution in [-0.2, 0) is 6.42 Å². The van der Waals surface area contributed by atoms with Crippen LogP contribution in [0.1, 0.15) is 22.0 Å². The van der Waals surface area contributed by atoms with Crippen LogP contribution in [0.25, 0.3) is 0 Å². The van der Waals surface area contributed by atoms with E-state index in [2.05, 4.69) is 52.3 Å². The molecule has 0 saturated carbocycles. The van der Waals surface area contributed by atoms with Gasteiger partial charge in [0.1, 0.15) is 0 Å². The van der Waals surface area contributed by atoms with Crippen LogP contribution in [0.5, 0.6) is 0 Å². The predicted molar refractivity (Wildman–Crippen MR) is 88.1 cm³/mol. The number of nitrogen functional groups attached to an aromatic ring is 1. The number of rotatable bonds is 4. The largest absolute Gasteiger partial charge is 0.399 e. The van der Waals surface area contributed by atoms with Crippen molar-refractivity contribution in [2.75, 3.05) is 12.8 Å². The molecule has 0 amide bonds. The van der Waals surface area contributed by atoms with Gasteiger partial charge in [-0.3, -0.25) is 0 Å². The molecule has 1 unspecified atom stereocenters. The lowest BCUT2D eigenvalue weighted by Crippen LogP contribution is -2.19. The first-order valence-corrected chi connectivity index (χ1v) is 7.83. The smallest absolute Gasteiger partial charge is 0.0456 e. The molecule has 18 heavy (non-hydrogen) atoms. The minimum absolute atomic E-state index is 0.338. The lowest BCUT2D eigenvalue weighted by atomic mass is 10.0. The van der Waals surface area contributed by atoms with Crippen LogP contribution >= 0.6 is 33.9 Å². The molecule has 3 N–H and O–H groups in total. The molecule has 0 saturated heterocycles. The topological polar surface area (TPSA) is 38.0 Å². The molecule has 2 rings (SSSR count). The molecule has 0 fully saturated rings. The van der Waals surface area contributed by atoms with Crippen molar-refractivity contribution in [2.24, 2.45) is 0 Å². The molecular formula is C14H17IN2S. The third-order valence-electron chi connectivity index (χ3n) is 3.10. The second-order valence-electron chi connectivity index (χ2n) is 4.36. The summed E-state index contributed by atoms with van der Waals surface area (Å²) in [5.41, 5.74) is 9.50. The second kappa shape index (κ2) is 6.04. The zero-order chi connectivity index (χ0) is 13.1. The monoisotopic (exact) mass is 372 g/mol. The van der Waals surface area contributed by atoms with E-state index in [4.69, 9.17) is 5.73 Å². The molecule has 2 nitrogen and oxygen atoms in total. The molecule has 1 heterocycles. The number of thiophene rings is 1. The number of nitrogens with one attached hydrogen (secondary N) is 1. The van der Waals surface area contributed by atoms with Crippen molar-refractivity contribution in [2.45, 2.75) is 19.4 Å². The maximum absolute atomic E-state index is 6.06. The van der Waals surface area contributed by atoms with Crippen molar-refractivity contribution in [3.63, 3.8) is 0 Å². The Morgan fingerprint density at radius 3 is 2.78 bits per heavy atom. The van der Waals surface area contributed by atoms with Crippen molar-refractivity contribution >= 4 is 39.6 Å². The molecule has 0 aliphatic heterocycles. The van der Waals surface area contributed by atoms with E-state index < -0.39 is 0 Å². The molecule has 1 atom stereocenters. The lowest BCUT2D eigenvalue weighted by Gasteiger charge is -2.17. The van der Waals surface area contributed by atoms with Gasteiger partial charge in [-0.1, -0.05) is 0 Å². The third kappa shape index (κ3) is 3.05. The summed E-state index contributed by atoms with van der Waals surface area (Å²) in [5.74, 6) is 0. The highest BCUT2D eigenvalue weighted by molar-refractivity contribution is 14.1. The Morgan fingerprint density at radius 1 is 1.39 bits per heavy atom. The Labute approximate surface area is 126 Å². The van der Waals surface area contributed by atoms with Gasteiger partial charge in [0.2, 0.25) is 0 Å². The molecule has 1 aromatic carbocycles. The maximum atomic E-state index is 6.06. The highest BCUT2D eigenvalue weighted by Crippen LogP contribution is 2.28. The molecular weight excluding hydrogens is 355 g/mol. The van der Waals surface area contributed by atoms with Crippen LogP contribution < -0.4 is 11.1 Å². The molecule has 1 aromatic heterocycles. The predicted octanol–water partition coefficient (Wildman–Crippen LogP) is 3.75. The molecule has 96 valence electrons. The summed E-state index contributed by atoms with van der Waals surface area (Å²) in [6.07, 6.45) is 0.931. The molecule has 0 radical (unpaired) electrons. The Hall–Kier alpha value is -0.590. The summed E-state index contributed by atoms with van der Waals surface area (Å²) in [7, 11) is 2.01. The maximum Gasteiger partial charge on any atom is 0.0456 e. The van der Waals surface area contributed by atoms with E-state index in [1.807, 2.05) is 19.2 Å². The number of benzene rings is 1. The SMILES string of the molecule is CNC(Cc1cc(I)ccc1N)c1sccc1C. The number of hydrogen-bond acceptors (Lipinski definition) is 3. The van der Waals surface area contributed by atoms with Crippen LogP contribution in [0.4, 0.5) is 5.69 Å². The number of halogens is 1. The summed E-state index contributed by atoms with van der Waals surface area (Å²) in [6.45, 7) is 2.16. The van der Waals surface area contributed by atoms with Gasteiger partial charge in [0, 0.05) is 20.2 Å². The van der Waals surface area contributed by atoms with Gasteiger partial charge in [-0.15, -0.1) is 11.3 Å². The molecule has 0 aliphatic rings. The Kier molecular flexibility index (Phi) is 4.64. The molecule has 0 aliphatic carbocycles. The van der Waals surface area contributed by atoms with Crippen LogP contribution in [0, 0.1) is 10.5 Å². The van der Waals surface area contributed by atoms with Gasteiger partial charge >= 0.3 is 0 Å². The number of anilines is 1. The molecule has 0 bridgehead atoms. The van der Waals surface area contributed by atoms with Crippen molar-refractivity contribution in [3.05, 3.63) is 49.2 Å². The fourth-order valence-corrected chi connectivity index (χ4v) is 3.63. The minimum atomic E-state index is 0.338. The van der Waals surface area contributed by atoms with Gasteiger partial charge in [-0.05, 0) is 83.8 Å². The number of nitrogens with two attached hydrogens (primary N) is 1. The quantitative estimate of drug-likeness (QED) is 0.634. The number of aryl methyl sites for hydroxylation is 1. The highest BCUT2D eigenvalue weighted by atomic mass is 127. The Balaban J connectivity index is 2.26. The molecule has 2 aromatic rings. The normalized spacial score (nSPS) is 12.6. The van der Waals surface area contributed by atoms with Crippen molar-refractivity contribution in [3.8, 4) is 0 Å². The number of hydrogen-bond donors (Lipinski definition) is 2. The van der Waals surface area contributed by atoms with E-state index in [-0.39, 0.29) is 0 Å². The average Bonchev–Trinajstić information content (AvgIpc) is 2.77. The van der Waals surface area contributed by atoms with E-state index in [1.165, 1.54) is 19.6 Å². The standard InChI is InChI=1S/C14H17IN2S/c1-9-5-6-18-14(9)13(17-2)8-10-7-11(15)3-4-12(10)16/h3-7,13,17H,8,16H2,1-2H3. The van der Waals surface area contributed by atoms with E-state index in [9.17, 15) is 0 Å². The summed E-state index contributed by atoms with van der Waals surface area (Å²) >= 11 is 4.13. The Bertz CT molecular complexity index is 536. The zero-order valence-corrected chi connectivity index (χ0v) is 13.5. The van der Waals surface area contributed by atoms with Gasteiger partial charge in [0.05, 0.1) is 0 Å². The first-order chi connectivity index (χ1) is 8.61. The van der Waals surface area contributed by atoms with E-state index >= 15 is 0 Å². The summed E-state index contributed by atoms with van der Waals surface area (Å²) in [5, 5.41) is 5.54. The zero-order valence-electron chi connectivity index (χ0n) is 10.5. The third-order valence-corrected chi connectivity index (χ3v) is 4.90. The van der Waals surface area contributed by atoms with Gasteiger partial charge in [-0.2, -0.15) is 0 Å². The second-order valence-corrected chi connectivity index (χ2v) is 6.55. The first-order valence-electron chi connectivity index (χ1n) is 5.87.